The monoisotopic (exact) mass is 403 g/mol. The maximum atomic E-state index is 13.6. The fourth-order valence-electron chi connectivity index (χ4n) is 2.35. The van der Waals surface area contributed by atoms with Gasteiger partial charge < -0.3 is 15.4 Å². The van der Waals surface area contributed by atoms with Crippen LogP contribution >= 0.6 is 11.3 Å². The summed E-state index contributed by atoms with van der Waals surface area (Å²) in [6.07, 6.45) is 0. The summed E-state index contributed by atoms with van der Waals surface area (Å²) in [5, 5.41) is 11.2. The van der Waals surface area contributed by atoms with Gasteiger partial charge in [0.25, 0.3) is 5.82 Å². The molecule has 0 radical (unpaired) electrons. The van der Waals surface area contributed by atoms with Crippen molar-refractivity contribution in [3.8, 4) is 16.4 Å². The molecule has 2 heterocycles. The number of esters is 1. The minimum Gasteiger partial charge on any atom is -0.458 e. The van der Waals surface area contributed by atoms with E-state index >= 15 is 0 Å². The highest BCUT2D eigenvalue weighted by atomic mass is 32.1. The zero-order valence-electron chi connectivity index (χ0n) is 15.0. The number of carbonyl (C=O) groups is 2. The average molecular weight is 403 g/mol. The number of hydrogen-bond donors (Lipinski definition) is 2. The lowest BCUT2D eigenvalue weighted by atomic mass is 10.3. The lowest BCUT2D eigenvalue weighted by molar-refractivity contribution is 0.0496. The predicted octanol–water partition coefficient (Wildman–Crippen LogP) is 2.61. The molecule has 2 N–H and O–H groups in total. The molecule has 28 heavy (non-hydrogen) atoms. The van der Waals surface area contributed by atoms with E-state index in [1.165, 1.54) is 28.2 Å². The van der Waals surface area contributed by atoms with E-state index in [9.17, 15) is 14.0 Å². The fraction of sp³-hybridized carbons (Fsp3) is 0.222. The highest BCUT2D eigenvalue weighted by Gasteiger charge is 2.20. The van der Waals surface area contributed by atoms with Crippen LogP contribution in [0.4, 0.5) is 9.18 Å². The first-order chi connectivity index (χ1) is 13.6. The van der Waals surface area contributed by atoms with Crippen molar-refractivity contribution in [1.29, 1.82) is 0 Å². The van der Waals surface area contributed by atoms with E-state index in [2.05, 4.69) is 20.7 Å². The number of aromatic nitrogens is 3. The maximum absolute atomic E-state index is 13.6. The normalized spacial score (nSPS) is 10.5. The summed E-state index contributed by atoms with van der Waals surface area (Å²) in [5.74, 6) is -0.894. The molecule has 2 aromatic heterocycles. The topological polar surface area (TPSA) is 98.1 Å². The third-order valence-corrected chi connectivity index (χ3v) is 4.41. The quantitative estimate of drug-likeness (QED) is 0.467. The van der Waals surface area contributed by atoms with Crippen LogP contribution in [0.15, 0.2) is 41.8 Å². The van der Waals surface area contributed by atoms with Crippen molar-refractivity contribution < 1.29 is 18.7 Å². The van der Waals surface area contributed by atoms with Crippen molar-refractivity contribution in [1.82, 2.24) is 25.4 Å². The van der Waals surface area contributed by atoms with Crippen LogP contribution in [0.3, 0.4) is 0 Å². The summed E-state index contributed by atoms with van der Waals surface area (Å²) in [6.45, 7) is 2.42. The molecule has 0 bridgehead atoms. The second kappa shape index (κ2) is 9.09. The van der Waals surface area contributed by atoms with Crippen LogP contribution < -0.4 is 10.6 Å². The van der Waals surface area contributed by atoms with Crippen molar-refractivity contribution in [3.63, 3.8) is 0 Å². The molecule has 2 amide bonds. The molecule has 0 spiro atoms. The number of hydrogen-bond acceptors (Lipinski definition) is 6. The van der Waals surface area contributed by atoms with Gasteiger partial charge in [-0.15, -0.1) is 16.4 Å². The Hall–Kier alpha value is -3.27. The Morgan fingerprint density at radius 2 is 2.11 bits per heavy atom. The molecular formula is C18H18FN5O3S. The molecule has 146 valence electrons. The van der Waals surface area contributed by atoms with E-state index in [-0.39, 0.29) is 25.0 Å². The Balaban J connectivity index is 1.76. The number of halogens is 1. The van der Waals surface area contributed by atoms with Gasteiger partial charge in [-0.2, -0.15) is 4.98 Å². The Kier molecular flexibility index (Phi) is 6.33. The van der Waals surface area contributed by atoms with E-state index in [0.29, 0.717) is 18.1 Å². The van der Waals surface area contributed by atoms with Crippen molar-refractivity contribution in [2.75, 3.05) is 19.7 Å². The van der Waals surface area contributed by atoms with Crippen LogP contribution in [-0.4, -0.2) is 46.5 Å². The highest BCUT2D eigenvalue weighted by Crippen LogP contribution is 2.26. The molecule has 3 rings (SSSR count). The van der Waals surface area contributed by atoms with Gasteiger partial charge in [-0.3, -0.25) is 0 Å². The van der Waals surface area contributed by atoms with Crippen LogP contribution in [0.2, 0.25) is 0 Å². The number of rotatable bonds is 7. The minimum absolute atomic E-state index is 0.0290. The summed E-state index contributed by atoms with van der Waals surface area (Å²) in [7, 11) is 0. The molecule has 0 saturated carbocycles. The number of amides is 2. The third kappa shape index (κ3) is 4.71. The van der Waals surface area contributed by atoms with Gasteiger partial charge in [0, 0.05) is 6.54 Å². The highest BCUT2D eigenvalue weighted by molar-refractivity contribution is 7.13. The maximum Gasteiger partial charge on any atom is 0.378 e. The third-order valence-electron chi connectivity index (χ3n) is 3.54. The van der Waals surface area contributed by atoms with Crippen LogP contribution in [0.5, 0.6) is 0 Å². The van der Waals surface area contributed by atoms with Crippen molar-refractivity contribution in [2.45, 2.75) is 6.92 Å². The average Bonchev–Trinajstić information content (AvgIpc) is 3.34. The Morgan fingerprint density at radius 3 is 2.82 bits per heavy atom. The summed E-state index contributed by atoms with van der Waals surface area (Å²) in [5.41, 5.74) is 0.438. The van der Waals surface area contributed by atoms with Gasteiger partial charge in [0.15, 0.2) is 5.82 Å². The van der Waals surface area contributed by atoms with Crippen LogP contribution in [0.25, 0.3) is 16.4 Å². The largest absolute Gasteiger partial charge is 0.458 e. The zero-order chi connectivity index (χ0) is 19.9. The van der Waals surface area contributed by atoms with E-state index in [1.54, 1.807) is 19.1 Å². The first-order valence-corrected chi connectivity index (χ1v) is 9.42. The number of carbonyl (C=O) groups excluding carboxylic acids is 2. The van der Waals surface area contributed by atoms with Crippen LogP contribution in [0.1, 0.15) is 17.5 Å². The van der Waals surface area contributed by atoms with Gasteiger partial charge in [-0.25, -0.2) is 18.7 Å². The first-order valence-electron chi connectivity index (χ1n) is 8.54. The summed E-state index contributed by atoms with van der Waals surface area (Å²) >= 11 is 1.42. The molecule has 1 aromatic carbocycles. The van der Waals surface area contributed by atoms with Crippen molar-refractivity contribution >= 4 is 23.3 Å². The SMILES string of the molecule is CCNC(=O)NCCOC(=O)c1nc(-c2cccs2)n(-c2cccc(F)c2)n1. The molecule has 0 atom stereocenters. The Labute approximate surface area is 164 Å². The second-order valence-corrected chi connectivity index (χ2v) is 6.50. The van der Waals surface area contributed by atoms with E-state index in [1.807, 2.05) is 17.5 Å². The zero-order valence-corrected chi connectivity index (χ0v) is 15.8. The number of thiophene rings is 1. The molecule has 0 fully saturated rings. The number of nitrogens with zero attached hydrogens (tertiary/aromatic N) is 3. The van der Waals surface area contributed by atoms with Crippen LogP contribution in [-0.2, 0) is 4.74 Å². The fourth-order valence-corrected chi connectivity index (χ4v) is 3.05. The number of benzene rings is 1. The van der Waals surface area contributed by atoms with Gasteiger partial charge >= 0.3 is 12.0 Å². The van der Waals surface area contributed by atoms with Crippen LogP contribution in [0, 0.1) is 5.82 Å². The van der Waals surface area contributed by atoms with E-state index in [0.717, 1.165) is 4.88 Å². The van der Waals surface area contributed by atoms with Gasteiger partial charge in [0.05, 0.1) is 17.1 Å². The van der Waals surface area contributed by atoms with Gasteiger partial charge in [0.1, 0.15) is 12.4 Å². The van der Waals surface area contributed by atoms with Gasteiger partial charge in [0.2, 0.25) is 0 Å². The van der Waals surface area contributed by atoms with E-state index < -0.39 is 11.8 Å². The number of urea groups is 1. The Bertz CT molecular complexity index is 958. The first kappa shape index (κ1) is 19.5. The number of ether oxygens (including phenoxy) is 1. The Morgan fingerprint density at radius 1 is 1.25 bits per heavy atom. The van der Waals surface area contributed by atoms with Crippen molar-refractivity contribution in [2.24, 2.45) is 0 Å². The van der Waals surface area contributed by atoms with Crippen molar-refractivity contribution in [3.05, 3.63) is 53.4 Å². The molecule has 3 aromatic rings. The molecule has 10 heteroatoms. The summed E-state index contributed by atoms with van der Waals surface area (Å²) < 4.78 is 20.1. The standard InChI is InChI=1S/C18H18FN5O3S/c1-2-20-18(26)21-8-9-27-17(25)15-22-16(14-7-4-10-28-14)24(23-15)13-6-3-5-12(19)11-13/h3-7,10-11H,2,8-9H2,1H3,(H2,20,21,26). The van der Waals surface area contributed by atoms with Gasteiger partial charge in [-0.05, 0) is 36.6 Å². The molecule has 0 saturated heterocycles. The molecule has 0 unspecified atom stereocenters. The lowest BCUT2D eigenvalue weighted by Gasteiger charge is -2.05. The summed E-state index contributed by atoms with van der Waals surface area (Å²) in [6, 6.07) is 9.17. The lowest BCUT2D eigenvalue weighted by Crippen LogP contribution is -2.37. The molecule has 0 aliphatic heterocycles. The molecule has 0 aliphatic carbocycles. The molecule has 0 aliphatic rings. The second-order valence-electron chi connectivity index (χ2n) is 5.55. The molecular weight excluding hydrogens is 385 g/mol. The summed E-state index contributed by atoms with van der Waals surface area (Å²) in [4.78, 5) is 28.6. The van der Waals surface area contributed by atoms with E-state index in [4.69, 9.17) is 4.74 Å². The smallest absolute Gasteiger partial charge is 0.378 e. The number of nitrogens with one attached hydrogen (secondary N) is 2. The minimum atomic E-state index is -0.731. The predicted molar refractivity (Wildman–Crippen MR) is 102 cm³/mol. The molecule has 8 nitrogen and oxygen atoms in total. The van der Waals surface area contributed by atoms with Gasteiger partial charge in [-0.1, -0.05) is 12.1 Å².